The maximum atomic E-state index is 6.29. The molecule has 1 unspecified atom stereocenters. The fraction of sp³-hybridized carbons (Fsp3) is 0.300. The van der Waals surface area contributed by atoms with Crippen LogP contribution < -0.4 is 19.9 Å². The fourth-order valence-corrected chi connectivity index (χ4v) is 2.55. The molecular weight excluding hydrogens is 316 g/mol. The predicted molar refractivity (Wildman–Crippen MR) is 101 cm³/mol. The summed E-state index contributed by atoms with van der Waals surface area (Å²) in [6.07, 6.45) is 3.89. The van der Waals surface area contributed by atoms with Crippen LogP contribution in [0, 0.1) is 0 Å². The van der Waals surface area contributed by atoms with Crippen molar-refractivity contribution < 1.29 is 14.2 Å². The van der Waals surface area contributed by atoms with Crippen LogP contribution in [0.15, 0.2) is 48.5 Å². The summed E-state index contributed by atoms with van der Waals surface area (Å²) in [7, 11) is 6.85. The van der Waals surface area contributed by atoms with Crippen LogP contribution in [0.25, 0.3) is 6.08 Å². The molecule has 5 nitrogen and oxygen atoms in total. The number of methoxy groups -OCH3 is 3. The molecule has 0 aromatic heterocycles. The summed E-state index contributed by atoms with van der Waals surface area (Å²) in [4.78, 5) is 2.07. The van der Waals surface area contributed by atoms with Crippen LogP contribution >= 0.6 is 0 Å². The lowest BCUT2D eigenvalue weighted by Crippen LogP contribution is -2.31. The smallest absolute Gasteiger partial charge is 0.164 e. The van der Waals surface area contributed by atoms with E-state index in [0.717, 1.165) is 16.9 Å². The zero-order valence-corrected chi connectivity index (χ0v) is 15.2. The number of hydrogen-bond donors (Lipinski definition) is 1. The van der Waals surface area contributed by atoms with Crippen LogP contribution in [0.1, 0.15) is 17.3 Å². The van der Waals surface area contributed by atoms with Gasteiger partial charge in [-0.3, -0.25) is 4.90 Å². The molecule has 0 saturated heterocycles. The van der Waals surface area contributed by atoms with E-state index in [1.54, 1.807) is 21.3 Å². The van der Waals surface area contributed by atoms with E-state index in [9.17, 15) is 0 Å². The van der Waals surface area contributed by atoms with Gasteiger partial charge in [0.05, 0.1) is 27.5 Å². The zero-order chi connectivity index (χ0) is 18.2. The van der Waals surface area contributed by atoms with Crippen molar-refractivity contribution in [3.8, 4) is 17.2 Å². The molecule has 0 radical (unpaired) electrons. The molecule has 2 N–H and O–H groups in total. The molecule has 0 amide bonds. The molecule has 5 heteroatoms. The van der Waals surface area contributed by atoms with Gasteiger partial charge in [-0.1, -0.05) is 42.5 Å². The van der Waals surface area contributed by atoms with E-state index < -0.39 is 0 Å². The molecule has 0 spiro atoms. The van der Waals surface area contributed by atoms with Crippen LogP contribution in [0.2, 0.25) is 0 Å². The monoisotopic (exact) mass is 342 g/mol. The van der Waals surface area contributed by atoms with Crippen LogP contribution in [-0.2, 0) is 0 Å². The average molecular weight is 342 g/mol. The minimum Gasteiger partial charge on any atom is -0.496 e. The van der Waals surface area contributed by atoms with Gasteiger partial charge in [0.1, 0.15) is 5.75 Å². The lowest BCUT2D eigenvalue weighted by atomic mass is 10.1. The number of likely N-dealkylation sites (N-methyl/N-ethyl adjacent to an activating group) is 1. The second-order valence-electron chi connectivity index (χ2n) is 5.65. The van der Waals surface area contributed by atoms with Gasteiger partial charge >= 0.3 is 0 Å². The van der Waals surface area contributed by atoms with E-state index in [1.165, 1.54) is 0 Å². The van der Waals surface area contributed by atoms with Crippen molar-refractivity contribution in [2.45, 2.75) is 6.17 Å². The van der Waals surface area contributed by atoms with E-state index in [4.69, 9.17) is 19.9 Å². The SMILES string of the molecule is COc1cc(OC)c(OC)cc1C=CCN(C)C(N)c1ccccc1. The second-order valence-corrected chi connectivity index (χ2v) is 5.65. The van der Waals surface area contributed by atoms with E-state index in [0.29, 0.717) is 18.0 Å². The highest BCUT2D eigenvalue weighted by molar-refractivity contribution is 5.63. The molecule has 0 heterocycles. The molecule has 0 fully saturated rings. The first-order valence-electron chi connectivity index (χ1n) is 8.08. The Balaban J connectivity index is 2.11. The number of hydrogen-bond acceptors (Lipinski definition) is 5. The van der Waals surface area contributed by atoms with Crippen molar-refractivity contribution in [3.63, 3.8) is 0 Å². The first kappa shape index (κ1) is 18.8. The fourth-order valence-electron chi connectivity index (χ4n) is 2.55. The van der Waals surface area contributed by atoms with Crippen molar-refractivity contribution in [3.05, 3.63) is 59.7 Å². The molecule has 0 saturated carbocycles. The normalized spacial score (nSPS) is 12.4. The molecule has 2 rings (SSSR count). The number of benzene rings is 2. The highest BCUT2D eigenvalue weighted by Gasteiger charge is 2.11. The molecule has 25 heavy (non-hydrogen) atoms. The Labute approximate surface area is 149 Å². The number of nitrogens with two attached hydrogens (primary N) is 1. The average Bonchev–Trinajstić information content (AvgIpc) is 2.67. The number of nitrogens with zero attached hydrogens (tertiary/aromatic N) is 1. The van der Waals surface area contributed by atoms with Gasteiger partial charge in [-0.25, -0.2) is 0 Å². The highest BCUT2D eigenvalue weighted by atomic mass is 16.5. The summed E-state index contributed by atoms with van der Waals surface area (Å²) in [6, 6.07) is 13.7. The van der Waals surface area contributed by atoms with Gasteiger partial charge < -0.3 is 19.9 Å². The van der Waals surface area contributed by atoms with E-state index in [1.807, 2.05) is 61.7 Å². The van der Waals surface area contributed by atoms with Gasteiger partial charge in [0.2, 0.25) is 0 Å². The molecule has 0 aliphatic heterocycles. The Morgan fingerprint density at radius 2 is 1.56 bits per heavy atom. The molecule has 2 aromatic rings. The Morgan fingerprint density at radius 1 is 0.960 bits per heavy atom. The minimum atomic E-state index is -0.154. The first-order chi connectivity index (χ1) is 12.1. The van der Waals surface area contributed by atoms with Crippen molar-refractivity contribution in [2.75, 3.05) is 34.9 Å². The molecule has 1 atom stereocenters. The Morgan fingerprint density at radius 3 is 2.16 bits per heavy atom. The summed E-state index contributed by atoms with van der Waals surface area (Å²) >= 11 is 0. The third kappa shape index (κ3) is 4.75. The van der Waals surface area contributed by atoms with Crippen molar-refractivity contribution in [1.82, 2.24) is 4.90 Å². The minimum absolute atomic E-state index is 0.154. The lowest BCUT2D eigenvalue weighted by Gasteiger charge is -2.23. The maximum Gasteiger partial charge on any atom is 0.164 e. The van der Waals surface area contributed by atoms with E-state index >= 15 is 0 Å². The molecule has 2 aromatic carbocycles. The van der Waals surface area contributed by atoms with Crippen molar-refractivity contribution >= 4 is 6.08 Å². The van der Waals surface area contributed by atoms with Gasteiger partial charge in [-0.2, -0.15) is 0 Å². The standard InChI is InChI=1S/C20H26N2O3/c1-22(20(21)15-9-6-5-7-10-15)12-8-11-16-13-18(24-3)19(25-4)14-17(16)23-2/h5-11,13-14,20H,12,21H2,1-4H3. The molecule has 134 valence electrons. The summed E-state index contributed by atoms with van der Waals surface area (Å²) in [5.74, 6) is 2.03. The summed E-state index contributed by atoms with van der Waals surface area (Å²) in [6.45, 7) is 0.702. The number of rotatable bonds is 8. The van der Waals surface area contributed by atoms with Crippen molar-refractivity contribution in [2.24, 2.45) is 5.73 Å². The largest absolute Gasteiger partial charge is 0.496 e. The molecular formula is C20H26N2O3. The Hall–Kier alpha value is -2.50. The zero-order valence-electron chi connectivity index (χ0n) is 15.2. The van der Waals surface area contributed by atoms with Crippen LogP contribution in [-0.4, -0.2) is 39.8 Å². The Bertz CT molecular complexity index is 702. The molecule has 0 aliphatic carbocycles. The molecule has 0 aliphatic rings. The molecule has 0 bridgehead atoms. The van der Waals surface area contributed by atoms with Gasteiger partial charge in [-0.15, -0.1) is 0 Å². The van der Waals surface area contributed by atoms with Crippen molar-refractivity contribution in [1.29, 1.82) is 0 Å². The summed E-state index contributed by atoms with van der Waals surface area (Å²) < 4.78 is 16.1. The van der Waals surface area contributed by atoms with Crippen LogP contribution in [0.3, 0.4) is 0 Å². The van der Waals surface area contributed by atoms with Crippen LogP contribution in [0.5, 0.6) is 17.2 Å². The van der Waals surface area contributed by atoms with Gasteiger partial charge in [0.15, 0.2) is 11.5 Å². The predicted octanol–water partition coefficient (Wildman–Crippen LogP) is 3.31. The third-order valence-corrected chi connectivity index (χ3v) is 4.04. The van der Waals surface area contributed by atoms with Crippen LogP contribution in [0.4, 0.5) is 0 Å². The van der Waals surface area contributed by atoms with Gasteiger partial charge in [0, 0.05) is 18.2 Å². The quantitative estimate of drug-likeness (QED) is 0.746. The maximum absolute atomic E-state index is 6.29. The number of ether oxygens (including phenoxy) is 3. The van der Waals surface area contributed by atoms with Gasteiger partial charge in [-0.05, 0) is 18.7 Å². The Kier molecular flexibility index (Phi) is 6.86. The topological polar surface area (TPSA) is 57.0 Å². The highest BCUT2D eigenvalue weighted by Crippen LogP contribution is 2.35. The van der Waals surface area contributed by atoms with E-state index in [-0.39, 0.29) is 6.17 Å². The third-order valence-electron chi connectivity index (χ3n) is 4.04. The first-order valence-corrected chi connectivity index (χ1v) is 8.08. The van der Waals surface area contributed by atoms with E-state index in [2.05, 4.69) is 4.90 Å². The van der Waals surface area contributed by atoms with Gasteiger partial charge in [0.25, 0.3) is 0 Å². The lowest BCUT2D eigenvalue weighted by molar-refractivity contribution is 0.277. The summed E-state index contributed by atoms with van der Waals surface area (Å²) in [5.41, 5.74) is 8.29. The second kappa shape index (κ2) is 9.11. The summed E-state index contributed by atoms with van der Waals surface area (Å²) in [5, 5.41) is 0.